The van der Waals surface area contributed by atoms with Gasteiger partial charge in [0.05, 0.1) is 0 Å². The molecule has 0 amide bonds. The van der Waals surface area contributed by atoms with Crippen molar-refractivity contribution >= 4 is 53.9 Å². The summed E-state index contributed by atoms with van der Waals surface area (Å²) in [5.74, 6) is 0. The number of rotatable bonds is 3. The summed E-state index contributed by atoms with van der Waals surface area (Å²) in [5, 5.41) is 13.1. The maximum absolute atomic E-state index is 2.56. The Balaban J connectivity index is 0.870. The zero-order chi connectivity index (χ0) is 47.7. The highest BCUT2D eigenvalue weighted by Gasteiger charge is 2.42. The molecule has 12 aromatic rings. The number of benzene rings is 12. The molecule has 0 unspecified atom stereocenters. The third-order valence-electron chi connectivity index (χ3n) is 17.6. The van der Waals surface area contributed by atoms with E-state index in [1.54, 1.807) is 0 Å². The van der Waals surface area contributed by atoms with Crippen LogP contribution in [0.3, 0.4) is 0 Å². The van der Waals surface area contributed by atoms with Gasteiger partial charge in [-0.2, -0.15) is 0 Å². The lowest BCUT2D eigenvalue weighted by Gasteiger charge is -2.25. The summed E-state index contributed by atoms with van der Waals surface area (Å²) < 4.78 is 0. The second-order valence-electron chi connectivity index (χ2n) is 22.3. The van der Waals surface area contributed by atoms with Gasteiger partial charge in [0.25, 0.3) is 0 Å². The van der Waals surface area contributed by atoms with Crippen molar-refractivity contribution < 1.29 is 0 Å². The molecule has 3 aliphatic carbocycles. The maximum atomic E-state index is 2.56. The van der Waals surface area contributed by atoms with Crippen LogP contribution in [0.1, 0.15) is 74.9 Å². The van der Waals surface area contributed by atoms with E-state index < -0.39 is 0 Å². The van der Waals surface area contributed by atoms with Crippen molar-refractivity contribution in [3.05, 3.63) is 240 Å². The van der Waals surface area contributed by atoms with Crippen molar-refractivity contribution in [1.82, 2.24) is 0 Å². The average Bonchev–Trinajstić information content (AvgIpc) is 3.89. The van der Waals surface area contributed by atoms with Crippen LogP contribution in [0.4, 0.5) is 0 Å². The molecule has 0 spiro atoms. The zero-order valence-corrected chi connectivity index (χ0v) is 41.1. The summed E-state index contributed by atoms with van der Waals surface area (Å²) in [6, 6.07) is 78.9. The van der Waals surface area contributed by atoms with E-state index >= 15 is 0 Å². The topological polar surface area (TPSA) is 0 Å². The van der Waals surface area contributed by atoms with Gasteiger partial charge in [0.2, 0.25) is 0 Å². The van der Waals surface area contributed by atoms with Crippen molar-refractivity contribution in [3.63, 3.8) is 0 Å². The lowest BCUT2D eigenvalue weighted by atomic mass is 9.78. The van der Waals surface area contributed by atoms with Gasteiger partial charge in [-0.05, 0) is 184 Å². The quantitative estimate of drug-likeness (QED) is 0.166. The molecular weight excluding hydrogens is 853 g/mol. The second kappa shape index (κ2) is 14.1. The zero-order valence-electron chi connectivity index (χ0n) is 41.1. The van der Waals surface area contributed by atoms with E-state index in [1.165, 1.54) is 154 Å². The molecular formula is C71H52. The number of hydrogen-bond acceptors (Lipinski definition) is 0. The van der Waals surface area contributed by atoms with E-state index in [0.717, 1.165) is 0 Å². The second-order valence-corrected chi connectivity index (χ2v) is 22.3. The Morgan fingerprint density at radius 1 is 0.211 bits per heavy atom. The summed E-state index contributed by atoms with van der Waals surface area (Å²) in [4.78, 5) is 0. The van der Waals surface area contributed by atoms with Gasteiger partial charge in [0.15, 0.2) is 0 Å². The number of hydrogen-bond donors (Lipinski definition) is 0. The van der Waals surface area contributed by atoms with Crippen molar-refractivity contribution in [2.75, 3.05) is 0 Å². The van der Waals surface area contributed by atoms with Crippen molar-refractivity contribution in [3.8, 4) is 66.8 Å². The van der Waals surface area contributed by atoms with E-state index in [1.807, 2.05) is 0 Å². The first-order valence-electron chi connectivity index (χ1n) is 25.5. The third-order valence-corrected chi connectivity index (χ3v) is 17.6. The van der Waals surface area contributed by atoms with Gasteiger partial charge in [-0.25, -0.2) is 0 Å². The summed E-state index contributed by atoms with van der Waals surface area (Å²) in [6.45, 7) is 14.6. The Morgan fingerprint density at radius 3 is 1.10 bits per heavy atom. The molecule has 0 heteroatoms. The average molecular weight is 905 g/mol. The third kappa shape index (κ3) is 5.35. The molecule has 3 aliphatic rings. The SMILES string of the molecule is CC1(C)c2cc(-c3cc4c(c5ccccc35)-c3c(ccc5ccccc35)C4(C)C)ccc2-c2ccc(-c3cc4c(c5ccccc35)-c3c(cc(-c5cccc6ccccc56)c5ccccc35)C4(C)C)cc21. The fourth-order valence-electron chi connectivity index (χ4n) is 14.0. The maximum Gasteiger partial charge on any atom is 0.0159 e. The minimum Gasteiger partial charge on any atom is -0.0616 e. The molecule has 336 valence electrons. The highest BCUT2D eigenvalue weighted by atomic mass is 14.4. The van der Waals surface area contributed by atoms with Crippen LogP contribution in [-0.2, 0) is 16.2 Å². The van der Waals surface area contributed by atoms with E-state index in [0.29, 0.717) is 0 Å². The normalized spacial score (nSPS) is 15.2. The molecule has 0 heterocycles. The van der Waals surface area contributed by atoms with Crippen LogP contribution in [0.2, 0.25) is 0 Å². The van der Waals surface area contributed by atoms with Crippen LogP contribution < -0.4 is 0 Å². The van der Waals surface area contributed by atoms with Gasteiger partial charge in [-0.1, -0.05) is 217 Å². The largest absolute Gasteiger partial charge is 0.0616 e. The Hall–Kier alpha value is -8.06. The highest BCUT2D eigenvalue weighted by Crippen LogP contribution is 2.59. The summed E-state index contributed by atoms with van der Waals surface area (Å²) in [6.07, 6.45) is 0. The van der Waals surface area contributed by atoms with Crippen molar-refractivity contribution in [2.24, 2.45) is 0 Å². The lowest BCUT2D eigenvalue weighted by molar-refractivity contribution is 0.660. The van der Waals surface area contributed by atoms with Crippen LogP contribution in [-0.4, -0.2) is 0 Å². The molecule has 0 N–H and O–H groups in total. The van der Waals surface area contributed by atoms with E-state index in [2.05, 4.69) is 248 Å². The first-order valence-corrected chi connectivity index (χ1v) is 25.5. The van der Waals surface area contributed by atoms with E-state index in [9.17, 15) is 0 Å². The van der Waals surface area contributed by atoms with Crippen LogP contribution in [0, 0.1) is 0 Å². The highest BCUT2D eigenvalue weighted by molar-refractivity contribution is 6.19. The Kier molecular flexibility index (Phi) is 8.07. The Labute approximate surface area is 415 Å². The molecule has 71 heavy (non-hydrogen) atoms. The molecule has 0 radical (unpaired) electrons. The monoisotopic (exact) mass is 904 g/mol. The molecule has 0 atom stereocenters. The van der Waals surface area contributed by atoms with Gasteiger partial charge in [0.1, 0.15) is 0 Å². The predicted molar refractivity (Wildman–Crippen MR) is 303 cm³/mol. The lowest BCUT2D eigenvalue weighted by Crippen LogP contribution is -2.16. The molecule has 12 aromatic carbocycles. The molecule has 0 nitrogen and oxygen atoms in total. The first kappa shape index (κ1) is 40.8. The fourth-order valence-corrected chi connectivity index (χ4v) is 14.0. The van der Waals surface area contributed by atoms with Crippen LogP contribution >= 0.6 is 0 Å². The molecule has 0 saturated heterocycles. The van der Waals surface area contributed by atoms with Gasteiger partial charge < -0.3 is 0 Å². The Bertz CT molecular complexity index is 4350. The molecule has 0 bridgehead atoms. The minimum absolute atomic E-state index is 0.135. The minimum atomic E-state index is -0.233. The van der Waals surface area contributed by atoms with Crippen LogP contribution in [0.5, 0.6) is 0 Å². The van der Waals surface area contributed by atoms with Crippen molar-refractivity contribution in [2.45, 2.75) is 57.8 Å². The van der Waals surface area contributed by atoms with Gasteiger partial charge >= 0.3 is 0 Å². The van der Waals surface area contributed by atoms with Crippen LogP contribution in [0.25, 0.3) is 121 Å². The predicted octanol–water partition coefficient (Wildman–Crippen LogP) is 19.4. The molecule has 0 aromatic heterocycles. The summed E-state index contributed by atoms with van der Waals surface area (Å²) >= 11 is 0. The van der Waals surface area contributed by atoms with Gasteiger partial charge in [-0.3, -0.25) is 0 Å². The summed E-state index contributed by atoms with van der Waals surface area (Å²) in [7, 11) is 0. The first-order chi connectivity index (χ1) is 34.5. The Morgan fingerprint density at radius 2 is 0.577 bits per heavy atom. The molecule has 0 aliphatic heterocycles. The van der Waals surface area contributed by atoms with Gasteiger partial charge in [0, 0.05) is 16.2 Å². The number of fused-ring (bicyclic) bond motifs is 18. The standard InChI is InChI=1S/C71H52/c1-69(2)59-35-32-42-19-8-10-22-46(42)65(59)66-53-26-14-11-23-48(53)56(38-62(66)69)43-30-33-51-52-34-31-44(37-61(52)70(3,4)60(51)36-43)57-39-63-67(54-27-15-12-24-49(54)57)68-55-28-16-13-25-50(55)58(40-64(68)71(63,5)6)47-29-17-20-41-18-7-9-21-45(41)47/h7-40H,1-6H3. The van der Waals surface area contributed by atoms with Crippen molar-refractivity contribution in [1.29, 1.82) is 0 Å². The fraction of sp³-hybridized carbons (Fsp3) is 0.127. The van der Waals surface area contributed by atoms with E-state index in [-0.39, 0.29) is 16.2 Å². The summed E-state index contributed by atoms with van der Waals surface area (Å²) in [5.41, 5.74) is 23.8. The van der Waals surface area contributed by atoms with Crippen LogP contribution in [0.15, 0.2) is 206 Å². The van der Waals surface area contributed by atoms with E-state index in [4.69, 9.17) is 0 Å². The smallest absolute Gasteiger partial charge is 0.0159 e. The van der Waals surface area contributed by atoms with Gasteiger partial charge in [-0.15, -0.1) is 0 Å². The molecule has 0 fully saturated rings. The molecule has 15 rings (SSSR count). The molecule has 0 saturated carbocycles.